The molecule has 0 radical (unpaired) electrons. The fourth-order valence-electron chi connectivity index (χ4n) is 1.75. The van der Waals surface area contributed by atoms with E-state index in [4.69, 9.17) is 5.11 Å². The highest BCUT2D eigenvalue weighted by molar-refractivity contribution is 9.10. The van der Waals surface area contributed by atoms with Gasteiger partial charge < -0.3 is 10.0 Å². The molecule has 4 nitrogen and oxygen atoms in total. The zero-order valence-corrected chi connectivity index (χ0v) is 10.2. The van der Waals surface area contributed by atoms with E-state index < -0.39 is 11.9 Å². The van der Waals surface area contributed by atoms with Crippen LogP contribution in [0.4, 0.5) is 5.69 Å². The van der Waals surface area contributed by atoms with E-state index in [0.717, 1.165) is 15.7 Å². The summed E-state index contributed by atoms with van der Waals surface area (Å²) in [5, 5.41) is 8.73. The summed E-state index contributed by atoms with van der Waals surface area (Å²) >= 11 is 3.34. The number of benzene rings is 1. The Balaban J connectivity index is 2.22. The van der Waals surface area contributed by atoms with Gasteiger partial charge in [-0.3, -0.25) is 9.59 Å². The van der Waals surface area contributed by atoms with Gasteiger partial charge in [0.2, 0.25) is 5.91 Å². The molecule has 84 valence electrons. The summed E-state index contributed by atoms with van der Waals surface area (Å²) in [6.45, 7) is 2.15. The van der Waals surface area contributed by atoms with Gasteiger partial charge in [-0.05, 0) is 30.7 Å². The lowest BCUT2D eigenvalue weighted by molar-refractivity contribution is -0.149. The van der Waals surface area contributed by atoms with Crippen LogP contribution in [0.2, 0.25) is 0 Å². The largest absolute Gasteiger partial charge is 0.481 e. The average Bonchev–Trinajstić information content (AvgIpc) is 2.18. The van der Waals surface area contributed by atoms with Crippen molar-refractivity contribution >= 4 is 33.5 Å². The molecule has 1 aromatic carbocycles. The Morgan fingerprint density at radius 3 is 2.75 bits per heavy atom. The molecule has 1 saturated heterocycles. The summed E-state index contributed by atoms with van der Waals surface area (Å²) in [7, 11) is 0. The second kappa shape index (κ2) is 3.90. The third-order valence-corrected chi connectivity index (χ3v) is 3.17. The van der Waals surface area contributed by atoms with E-state index in [1.54, 1.807) is 0 Å². The number of β-lactam (4-membered cyclic amide) rings is 1. The Labute approximate surface area is 101 Å². The second-order valence-corrected chi connectivity index (χ2v) is 4.69. The number of nitrogens with zero attached hydrogens (tertiary/aromatic N) is 1. The van der Waals surface area contributed by atoms with Gasteiger partial charge in [-0.1, -0.05) is 15.9 Å². The third-order valence-electron chi connectivity index (χ3n) is 2.68. The van der Waals surface area contributed by atoms with Crippen molar-refractivity contribution in [2.24, 2.45) is 5.92 Å². The minimum atomic E-state index is -1.05. The number of anilines is 1. The number of amides is 1. The molecule has 1 aromatic rings. The Bertz CT molecular complexity index is 472. The topological polar surface area (TPSA) is 57.6 Å². The number of aryl methyl sites for hydroxylation is 1. The molecule has 0 spiro atoms. The molecule has 1 N–H and O–H groups in total. The summed E-state index contributed by atoms with van der Waals surface area (Å²) in [6.07, 6.45) is 0. The van der Waals surface area contributed by atoms with Crippen LogP contribution < -0.4 is 4.90 Å². The number of rotatable bonds is 2. The van der Waals surface area contributed by atoms with Gasteiger partial charge in [0.1, 0.15) is 0 Å². The van der Waals surface area contributed by atoms with Crippen LogP contribution in [0.25, 0.3) is 0 Å². The molecule has 0 saturated carbocycles. The van der Waals surface area contributed by atoms with Crippen LogP contribution in [0.5, 0.6) is 0 Å². The van der Waals surface area contributed by atoms with Crippen LogP contribution in [-0.4, -0.2) is 23.5 Å². The molecular formula is C11H10BrNO3. The Morgan fingerprint density at radius 1 is 1.56 bits per heavy atom. The summed E-state index contributed by atoms with van der Waals surface area (Å²) < 4.78 is 0.941. The Kier molecular flexibility index (Phi) is 2.71. The summed E-state index contributed by atoms with van der Waals surface area (Å²) in [5.74, 6) is -2.25. The maximum atomic E-state index is 11.6. The number of aliphatic carboxylic acids is 1. The van der Waals surface area contributed by atoms with Crippen LogP contribution in [0.3, 0.4) is 0 Å². The number of hydrogen-bond donors (Lipinski definition) is 1. The van der Waals surface area contributed by atoms with E-state index in [0.29, 0.717) is 0 Å². The molecule has 1 fully saturated rings. The fourth-order valence-corrected chi connectivity index (χ4v) is 2.22. The first kappa shape index (κ1) is 11.1. The minimum Gasteiger partial charge on any atom is -0.481 e. The van der Waals surface area contributed by atoms with Gasteiger partial charge in [0.05, 0.1) is 0 Å². The molecule has 1 amide bonds. The first-order valence-corrected chi connectivity index (χ1v) is 5.60. The number of hydrogen-bond acceptors (Lipinski definition) is 2. The van der Waals surface area contributed by atoms with Crippen molar-refractivity contribution < 1.29 is 14.7 Å². The van der Waals surface area contributed by atoms with Crippen molar-refractivity contribution in [3.63, 3.8) is 0 Å². The highest BCUT2D eigenvalue weighted by Crippen LogP contribution is 2.30. The van der Waals surface area contributed by atoms with Crippen LogP contribution in [0, 0.1) is 12.8 Å². The lowest BCUT2D eigenvalue weighted by atomic mass is 9.97. The maximum Gasteiger partial charge on any atom is 0.317 e. The molecular weight excluding hydrogens is 274 g/mol. The SMILES string of the molecule is Cc1cc(Br)ccc1N1CC(C(=O)O)C1=O. The highest BCUT2D eigenvalue weighted by atomic mass is 79.9. The predicted molar refractivity (Wildman–Crippen MR) is 62.4 cm³/mol. The molecule has 0 aliphatic carbocycles. The van der Waals surface area contributed by atoms with Crippen LogP contribution in [0.1, 0.15) is 5.56 Å². The van der Waals surface area contributed by atoms with Crippen molar-refractivity contribution in [1.82, 2.24) is 0 Å². The first-order chi connectivity index (χ1) is 7.50. The zero-order valence-electron chi connectivity index (χ0n) is 8.61. The molecule has 1 heterocycles. The quantitative estimate of drug-likeness (QED) is 0.665. The zero-order chi connectivity index (χ0) is 11.9. The Morgan fingerprint density at radius 2 is 2.25 bits per heavy atom. The summed E-state index contributed by atoms with van der Waals surface area (Å²) in [5.41, 5.74) is 1.73. The maximum absolute atomic E-state index is 11.6. The van der Waals surface area contributed by atoms with E-state index in [1.807, 2.05) is 25.1 Å². The smallest absolute Gasteiger partial charge is 0.317 e. The van der Waals surface area contributed by atoms with Crippen molar-refractivity contribution in [2.75, 3.05) is 11.4 Å². The Hall–Kier alpha value is -1.36. The number of carboxylic acid groups (broad SMARTS) is 1. The van der Waals surface area contributed by atoms with E-state index in [1.165, 1.54) is 4.90 Å². The first-order valence-electron chi connectivity index (χ1n) is 4.81. The van der Waals surface area contributed by atoms with Crippen LogP contribution >= 0.6 is 15.9 Å². The standard InChI is InChI=1S/C11H10BrNO3/c1-6-4-7(12)2-3-9(6)13-5-8(10(13)14)11(15)16/h2-4,8H,5H2,1H3,(H,15,16). The van der Waals surface area contributed by atoms with Gasteiger partial charge in [-0.2, -0.15) is 0 Å². The predicted octanol–water partition coefficient (Wildman–Crippen LogP) is 1.80. The molecule has 1 aliphatic rings. The van der Waals surface area contributed by atoms with E-state index >= 15 is 0 Å². The fraction of sp³-hybridized carbons (Fsp3) is 0.273. The van der Waals surface area contributed by atoms with E-state index in [-0.39, 0.29) is 12.5 Å². The monoisotopic (exact) mass is 283 g/mol. The summed E-state index contributed by atoms with van der Waals surface area (Å²) in [6, 6.07) is 5.55. The number of carbonyl (C=O) groups excluding carboxylic acids is 1. The molecule has 1 aliphatic heterocycles. The van der Waals surface area contributed by atoms with Gasteiger partial charge in [0, 0.05) is 16.7 Å². The minimum absolute atomic E-state index is 0.261. The van der Waals surface area contributed by atoms with Crippen molar-refractivity contribution in [3.8, 4) is 0 Å². The number of carbonyl (C=O) groups is 2. The lowest BCUT2D eigenvalue weighted by Crippen LogP contribution is -2.56. The van der Waals surface area contributed by atoms with Gasteiger partial charge in [-0.15, -0.1) is 0 Å². The van der Waals surface area contributed by atoms with Crippen molar-refractivity contribution in [2.45, 2.75) is 6.92 Å². The van der Waals surface area contributed by atoms with Crippen molar-refractivity contribution in [1.29, 1.82) is 0 Å². The molecule has 1 unspecified atom stereocenters. The lowest BCUT2D eigenvalue weighted by Gasteiger charge is -2.36. The second-order valence-electron chi connectivity index (χ2n) is 3.77. The molecule has 0 bridgehead atoms. The van der Waals surface area contributed by atoms with Gasteiger partial charge in [-0.25, -0.2) is 0 Å². The van der Waals surface area contributed by atoms with Crippen LogP contribution in [-0.2, 0) is 9.59 Å². The molecule has 5 heteroatoms. The highest BCUT2D eigenvalue weighted by Gasteiger charge is 2.43. The summed E-state index contributed by atoms with van der Waals surface area (Å²) in [4.78, 5) is 23.7. The van der Waals surface area contributed by atoms with Gasteiger partial charge in [0.25, 0.3) is 0 Å². The van der Waals surface area contributed by atoms with Crippen molar-refractivity contribution in [3.05, 3.63) is 28.2 Å². The van der Waals surface area contributed by atoms with E-state index in [9.17, 15) is 9.59 Å². The average molecular weight is 284 g/mol. The normalized spacial score (nSPS) is 19.5. The molecule has 1 atom stereocenters. The van der Waals surface area contributed by atoms with Gasteiger partial charge >= 0.3 is 5.97 Å². The van der Waals surface area contributed by atoms with Gasteiger partial charge in [0.15, 0.2) is 5.92 Å². The van der Waals surface area contributed by atoms with Crippen LogP contribution in [0.15, 0.2) is 22.7 Å². The molecule has 2 rings (SSSR count). The van der Waals surface area contributed by atoms with E-state index in [2.05, 4.69) is 15.9 Å². The molecule has 0 aromatic heterocycles. The number of carboxylic acids is 1. The number of halogens is 1. The third kappa shape index (κ3) is 1.71. The molecule has 16 heavy (non-hydrogen) atoms.